The molecule has 2 N–H and O–H groups in total. The predicted octanol–water partition coefficient (Wildman–Crippen LogP) is 3.63. The van der Waals surface area contributed by atoms with E-state index in [0.717, 1.165) is 22.0 Å². The number of aromatic nitrogens is 3. The molecule has 0 aliphatic rings. The Kier molecular flexibility index (Phi) is 5.02. The van der Waals surface area contributed by atoms with E-state index in [9.17, 15) is 8.42 Å². The Labute approximate surface area is 170 Å². The first-order valence-electron chi connectivity index (χ1n) is 9.49. The van der Waals surface area contributed by atoms with Crippen molar-refractivity contribution in [2.45, 2.75) is 24.7 Å². The molecule has 0 saturated heterocycles. The summed E-state index contributed by atoms with van der Waals surface area (Å²) in [5.41, 5.74) is 4.28. The molecule has 0 saturated carbocycles. The molecule has 0 bridgehead atoms. The lowest BCUT2D eigenvalue weighted by Gasteiger charge is -2.18. The molecule has 2 aromatic heterocycles. The summed E-state index contributed by atoms with van der Waals surface area (Å²) in [7, 11) is -1.94. The number of H-pyrrole nitrogens is 1. The van der Waals surface area contributed by atoms with E-state index in [-0.39, 0.29) is 17.4 Å². The number of nitrogens with one attached hydrogen (secondary N) is 2. The molecule has 0 spiro atoms. The predicted molar refractivity (Wildman–Crippen MR) is 114 cm³/mol. The van der Waals surface area contributed by atoms with Gasteiger partial charge >= 0.3 is 0 Å². The van der Waals surface area contributed by atoms with Crippen LogP contribution >= 0.6 is 0 Å². The smallest absolute Gasteiger partial charge is 0.244 e. The minimum Gasteiger partial charge on any atom is -0.361 e. The molecule has 1 atom stereocenters. The SMILES string of the molecule is Cc1nn(C)c(C)c1S(=O)(=O)NC[C@@H](c1ccccc1)c1c[nH]c2ccccc12. The van der Waals surface area contributed by atoms with E-state index < -0.39 is 10.0 Å². The van der Waals surface area contributed by atoms with E-state index in [2.05, 4.69) is 20.9 Å². The van der Waals surface area contributed by atoms with E-state index in [4.69, 9.17) is 0 Å². The molecule has 4 rings (SSSR count). The molecule has 0 radical (unpaired) electrons. The Hall–Kier alpha value is -2.90. The van der Waals surface area contributed by atoms with Crippen molar-refractivity contribution in [3.05, 3.63) is 83.3 Å². The first kappa shape index (κ1) is 19.4. The molecule has 0 unspecified atom stereocenters. The number of sulfonamides is 1. The minimum atomic E-state index is -3.69. The third-order valence-electron chi connectivity index (χ3n) is 5.39. The van der Waals surface area contributed by atoms with Crippen LogP contribution in [0.3, 0.4) is 0 Å². The van der Waals surface area contributed by atoms with Crippen molar-refractivity contribution in [1.29, 1.82) is 0 Å². The molecule has 29 heavy (non-hydrogen) atoms. The third-order valence-corrected chi connectivity index (χ3v) is 7.06. The van der Waals surface area contributed by atoms with Gasteiger partial charge in [0.05, 0.1) is 11.4 Å². The average molecular weight is 409 g/mol. The van der Waals surface area contributed by atoms with Crippen LogP contribution in [0.4, 0.5) is 0 Å². The van der Waals surface area contributed by atoms with Gasteiger partial charge in [-0.05, 0) is 31.0 Å². The van der Waals surface area contributed by atoms with Gasteiger partial charge < -0.3 is 4.98 Å². The van der Waals surface area contributed by atoms with Crippen LogP contribution in [0.15, 0.2) is 65.7 Å². The van der Waals surface area contributed by atoms with Crippen LogP contribution in [0, 0.1) is 13.8 Å². The number of para-hydroxylation sites is 1. The molecule has 4 aromatic rings. The zero-order chi connectivity index (χ0) is 20.6. The van der Waals surface area contributed by atoms with Crippen molar-refractivity contribution in [3.63, 3.8) is 0 Å². The van der Waals surface area contributed by atoms with Crippen molar-refractivity contribution >= 4 is 20.9 Å². The highest BCUT2D eigenvalue weighted by Crippen LogP contribution is 2.31. The van der Waals surface area contributed by atoms with Gasteiger partial charge in [0.2, 0.25) is 10.0 Å². The third kappa shape index (κ3) is 3.59. The van der Waals surface area contributed by atoms with Gasteiger partial charge in [-0.1, -0.05) is 48.5 Å². The quantitative estimate of drug-likeness (QED) is 0.511. The lowest BCUT2D eigenvalue weighted by atomic mass is 9.91. The lowest BCUT2D eigenvalue weighted by molar-refractivity contribution is 0.576. The Morgan fingerprint density at radius 2 is 1.76 bits per heavy atom. The number of rotatable bonds is 6. The fourth-order valence-corrected chi connectivity index (χ4v) is 5.36. The largest absolute Gasteiger partial charge is 0.361 e. The Balaban J connectivity index is 1.72. The zero-order valence-electron chi connectivity index (χ0n) is 16.7. The van der Waals surface area contributed by atoms with Gasteiger partial charge in [-0.15, -0.1) is 0 Å². The van der Waals surface area contributed by atoms with Gasteiger partial charge in [0, 0.05) is 36.6 Å². The second-order valence-electron chi connectivity index (χ2n) is 7.23. The van der Waals surface area contributed by atoms with Crippen LogP contribution in [0.5, 0.6) is 0 Å². The van der Waals surface area contributed by atoms with Gasteiger partial charge in [0.25, 0.3) is 0 Å². The van der Waals surface area contributed by atoms with Crippen LogP contribution in [-0.4, -0.2) is 29.7 Å². The monoisotopic (exact) mass is 408 g/mol. The van der Waals surface area contributed by atoms with Crippen molar-refractivity contribution in [2.75, 3.05) is 6.54 Å². The van der Waals surface area contributed by atoms with Crippen molar-refractivity contribution in [1.82, 2.24) is 19.5 Å². The summed E-state index contributed by atoms with van der Waals surface area (Å²) in [5.74, 6) is -0.126. The lowest BCUT2D eigenvalue weighted by Crippen LogP contribution is -2.29. The summed E-state index contributed by atoms with van der Waals surface area (Å²) in [4.78, 5) is 3.55. The van der Waals surface area contributed by atoms with Gasteiger partial charge in [0.15, 0.2) is 0 Å². The number of fused-ring (bicyclic) bond motifs is 1. The van der Waals surface area contributed by atoms with Crippen molar-refractivity contribution in [2.24, 2.45) is 7.05 Å². The van der Waals surface area contributed by atoms with Crippen LogP contribution in [0.25, 0.3) is 10.9 Å². The highest BCUT2D eigenvalue weighted by molar-refractivity contribution is 7.89. The van der Waals surface area contributed by atoms with E-state index in [1.54, 1.807) is 25.6 Å². The molecule has 0 amide bonds. The normalized spacial score (nSPS) is 13.1. The fraction of sp³-hybridized carbons (Fsp3) is 0.227. The first-order chi connectivity index (χ1) is 13.9. The van der Waals surface area contributed by atoms with Crippen molar-refractivity contribution < 1.29 is 8.42 Å². The summed E-state index contributed by atoms with van der Waals surface area (Å²) in [6.45, 7) is 3.74. The van der Waals surface area contributed by atoms with E-state index in [1.807, 2.05) is 54.7 Å². The maximum absolute atomic E-state index is 13.1. The van der Waals surface area contributed by atoms with Gasteiger partial charge in [0.1, 0.15) is 4.90 Å². The molecule has 7 heteroatoms. The van der Waals surface area contributed by atoms with Crippen molar-refractivity contribution in [3.8, 4) is 0 Å². The second kappa shape index (κ2) is 7.50. The van der Waals surface area contributed by atoms with Crippen LogP contribution in [0.1, 0.15) is 28.4 Å². The summed E-state index contributed by atoms with van der Waals surface area (Å²) in [5, 5.41) is 5.34. The number of hydrogen-bond acceptors (Lipinski definition) is 3. The maximum Gasteiger partial charge on any atom is 0.244 e. The van der Waals surface area contributed by atoms with E-state index in [0.29, 0.717) is 11.4 Å². The number of hydrogen-bond donors (Lipinski definition) is 2. The van der Waals surface area contributed by atoms with Crippen LogP contribution in [-0.2, 0) is 17.1 Å². The fourth-order valence-electron chi connectivity index (χ4n) is 3.88. The number of aryl methyl sites for hydroxylation is 2. The molecular formula is C22H24N4O2S. The van der Waals surface area contributed by atoms with Crippen LogP contribution < -0.4 is 4.72 Å². The maximum atomic E-state index is 13.1. The first-order valence-corrected chi connectivity index (χ1v) is 11.0. The zero-order valence-corrected chi connectivity index (χ0v) is 17.5. The molecule has 6 nitrogen and oxygen atoms in total. The number of benzene rings is 2. The molecule has 150 valence electrons. The summed E-state index contributed by atoms with van der Waals surface area (Å²) < 4.78 is 30.6. The van der Waals surface area contributed by atoms with Gasteiger partial charge in [-0.25, -0.2) is 13.1 Å². The van der Waals surface area contributed by atoms with Gasteiger partial charge in [-0.2, -0.15) is 5.10 Å². The Bertz CT molecular complexity index is 1260. The molecular weight excluding hydrogens is 384 g/mol. The number of nitrogens with zero attached hydrogens (tertiary/aromatic N) is 2. The number of aromatic amines is 1. The minimum absolute atomic E-state index is 0.126. The summed E-state index contributed by atoms with van der Waals surface area (Å²) in [6, 6.07) is 18.0. The standard InChI is InChI=1S/C22H24N4O2S/c1-15-22(16(2)26(3)25-15)29(27,28)24-14-19(17-9-5-4-6-10-17)20-13-23-21-12-8-7-11-18(20)21/h4-13,19,23-24H,14H2,1-3H3/t19-/m0/s1. The molecule has 0 aliphatic heterocycles. The topological polar surface area (TPSA) is 79.8 Å². The summed E-state index contributed by atoms with van der Waals surface area (Å²) in [6.07, 6.45) is 1.97. The Morgan fingerprint density at radius 1 is 1.07 bits per heavy atom. The second-order valence-corrected chi connectivity index (χ2v) is 8.93. The Morgan fingerprint density at radius 3 is 2.45 bits per heavy atom. The van der Waals surface area contributed by atoms with Gasteiger partial charge in [-0.3, -0.25) is 4.68 Å². The molecule has 2 heterocycles. The highest BCUT2D eigenvalue weighted by Gasteiger charge is 2.26. The van der Waals surface area contributed by atoms with E-state index >= 15 is 0 Å². The molecule has 2 aromatic carbocycles. The average Bonchev–Trinajstić information content (AvgIpc) is 3.24. The molecule has 0 fully saturated rings. The molecule has 0 aliphatic carbocycles. The highest BCUT2D eigenvalue weighted by atomic mass is 32.2. The summed E-state index contributed by atoms with van der Waals surface area (Å²) >= 11 is 0. The van der Waals surface area contributed by atoms with E-state index in [1.165, 1.54) is 0 Å². The van der Waals surface area contributed by atoms with Crippen LogP contribution in [0.2, 0.25) is 0 Å².